The first kappa shape index (κ1) is 15.4. The third-order valence-electron chi connectivity index (χ3n) is 3.20. The molecule has 0 aliphatic carbocycles. The molecule has 0 bridgehead atoms. The van der Waals surface area contributed by atoms with Crippen molar-refractivity contribution < 1.29 is 4.42 Å². The summed E-state index contributed by atoms with van der Waals surface area (Å²) in [6, 6.07) is 16.6. The van der Waals surface area contributed by atoms with Crippen LogP contribution < -0.4 is 5.32 Å². The highest BCUT2D eigenvalue weighted by atomic mass is 35.5. The van der Waals surface area contributed by atoms with Gasteiger partial charge in [0.1, 0.15) is 6.07 Å². The van der Waals surface area contributed by atoms with E-state index in [1.165, 1.54) is 0 Å². The predicted octanol–water partition coefficient (Wildman–Crippen LogP) is 5.13. The van der Waals surface area contributed by atoms with E-state index in [-0.39, 0.29) is 5.69 Å². The lowest BCUT2D eigenvalue weighted by molar-refractivity contribution is 0.585. The standard InChI is InChI=1S/C17H11Cl2N3O/c18-13-6-3-5-11(8-13)16-22-15(9-20)17(23-16)21-10-12-4-1-2-7-14(12)19/h1-8,21H,10H2. The Kier molecular flexibility index (Phi) is 4.52. The number of nitrogens with one attached hydrogen (secondary N) is 1. The molecule has 3 rings (SSSR count). The molecule has 0 spiro atoms. The quantitative estimate of drug-likeness (QED) is 0.712. The van der Waals surface area contributed by atoms with E-state index in [2.05, 4.69) is 10.3 Å². The molecule has 0 aliphatic heterocycles. The van der Waals surface area contributed by atoms with Gasteiger partial charge < -0.3 is 9.73 Å². The molecule has 1 heterocycles. The Labute approximate surface area is 143 Å². The van der Waals surface area contributed by atoms with Crippen LogP contribution in [0.4, 0.5) is 5.88 Å². The first-order valence-electron chi connectivity index (χ1n) is 6.81. The third-order valence-corrected chi connectivity index (χ3v) is 3.81. The van der Waals surface area contributed by atoms with Crippen molar-refractivity contribution in [2.75, 3.05) is 5.32 Å². The number of benzene rings is 2. The monoisotopic (exact) mass is 343 g/mol. The summed E-state index contributed by atoms with van der Waals surface area (Å²) >= 11 is 12.1. The molecule has 0 unspecified atom stereocenters. The summed E-state index contributed by atoms with van der Waals surface area (Å²) in [5.41, 5.74) is 1.80. The van der Waals surface area contributed by atoms with E-state index < -0.39 is 0 Å². The van der Waals surface area contributed by atoms with Crippen LogP contribution in [0.15, 0.2) is 52.9 Å². The van der Waals surface area contributed by atoms with Crippen LogP contribution in [-0.2, 0) is 6.54 Å². The van der Waals surface area contributed by atoms with Gasteiger partial charge >= 0.3 is 0 Å². The number of halogens is 2. The van der Waals surface area contributed by atoms with Gasteiger partial charge in [-0.1, -0.05) is 47.5 Å². The first-order chi connectivity index (χ1) is 11.2. The maximum Gasteiger partial charge on any atom is 0.232 e. The highest BCUT2D eigenvalue weighted by Gasteiger charge is 2.14. The van der Waals surface area contributed by atoms with E-state index >= 15 is 0 Å². The number of oxazole rings is 1. The van der Waals surface area contributed by atoms with Gasteiger partial charge in [-0.25, -0.2) is 0 Å². The molecule has 23 heavy (non-hydrogen) atoms. The van der Waals surface area contributed by atoms with Crippen LogP contribution >= 0.6 is 23.2 Å². The molecule has 0 atom stereocenters. The van der Waals surface area contributed by atoms with Crippen molar-refractivity contribution >= 4 is 29.1 Å². The average molecular weight is 344 g/mol. The summed E-state index contributed by atoms with van der Waals surface area (Å²) < 4.78 is 5.66. The lowest BCUT2D eigenvalue weighted by atomic mass is 10.2. The third kappa shape index (κ3) is 3.48. The van der Waals surface area contributed by atoms with Crippen molar-refractivity contribution in [2.45, 2.75) is 6.54 Å². The second kappa shape index (κ2) is 6.74. The Morgan fingerprint density at radius 3 is 2.70 bits per heavy atom. The minimum atomic E-state index is 0.187. The summed E-state index contributed by atoms with van der Waals surface area (Å²) in [7, 11) is 0. The maximum absolute atomic E-state index is 9.22. The van der Waals surface area contributed by atoms with Gasteiger partial charge in [-0.05, 0) is 29.8 Å². The minimum Gasteiger partial charge on any atom is -0.419 e. The van der Waals surface area contributed by atoms with Gasteiger partial charge in [0.25, 0.3) is 0 Å². The number of anilines is 1. The van der Waals surface area contributed by atoms with Crippen molar-refractivity contribution in [1.82, 2.24) is 4.98 Å². The van der Waals surface area contributed by atoms with Crippen molar-refractivity contribution in [2.24, 2.45) is 0 Å². The van der Waals surface area contributed by atoms with E-state index in [1.807, 2.05) is 36.4 Å². The number of aromatic nitrogens is 1. The number of hydrogen-bond acceptors (Lipinski definition) is 4. The largest absolute Gasteiger partial charge is 0.419 e. The van der Waals surface area contributed by atoms with Crippen molar-refractivity contribution in [1.29, 1.82) is 5.26 Å². The lowest BCUT2D eigenvalue weighted by Gasteiger charge is -2.05. The van der Waals surface area contributed by atoms with Crippen LogP contribution in [0.3, 0.4) is 0 Å². The molecule has 1 N–H and O–H groups in total. The fourth-order valence-electron chi connectivity index (χ4n) is 2.08. The Balaban J connectivity index is 1.86. The average Bonchev–Trinajstić information content (AvgIpc) is 2.97. The first-order valence-corrected chi connectivity index (χ1v) is 7.57. The summed E-state index contributed by atoms with van der Waals surface area (Å²) in [5, 5.41) is 13.5. The smallest absolute Gasteiger partial charge is 0.232 e. The van der Waals surface area contributed by atoms with Crippen molar-refractivity contribution in [3.63, 3.8) is 0 Å². The zero-order chi connectivity index (χ0) is 16.2. The van der Waals surface area contributed by atoms with Crippen LogP contribution in [0.5, 0.6) is 0 Å². The normalized spacial score (nSPS) is 10.3. The lowest BCUT2D eigenvalue weighted by Crippen LogP contribution is -2.00. The SMILES string of the molecule is N#Cc1nc(-c2cccc(Cl)c2)oc1NCc1ccccc1Cl. The Hall–Kier alpha value is -2.48. The molecule has 0 saturated heterocycles. The molecule has 2 aromatic carbocycles. The maximum atomic E-state index is 9.22. The molecule has 6 heteroatoms. The molecule has 3 aromatic rings. The highest BCUT2D eigenvalue weighted by Crippen LogP contribution is 2.27. The van der Waals surface area contributed by atoms with Gasteiger partial charge in [0.15, 0.2) is 0 Å². The number of hydrogen-bond donors (Lipinski definition) is 1. The summed E-state index contributed by atoms with van der Waals surface area (Å²) in [4.78, 5) is 4.19. The second-order valence-corrected chi connectivity index (χ2v) is 5.61. The van der Waals surface area contributed by atoms with Gasteiger partial charge in [0, 0.05) is 22.2 Å². The molecule has 0 aliphatic rings. The van der Waals surface area contributed by atoms with Crippen LogP contribution in [0.1, 0.15) is 11.3 Å². The van der Waals surface area contributed by atoms with Gasteiger partial charge in [-0.15, -0.1) is 0 Å². The zero-order valence-electron chi connectivity index (χ0n) is 11.9. The Bertz CT molecular complexity index is 884. The summed E-state index contributed by atoms with van der Waals surface area (Å²) in [6.07, 6.45) is 0. The molecular weight excluding hydrogens is 333 g/mol. The van der Waals surface area contributed by atoms with Crippen LogP contribution in [0, 0.1) is 11.3 Å². The molecule has 0 saturated carbocycles. The zero-order valence-corrected chi connectivity index (χ0v) is 13.4. The topological polar surface area (TPSA) is 61.9 Å². The van der Waals surface area contributed by atoms with E-state index in [4.69, 9.17) is 27.6 Å². The predicted molar refractivity (Wildman–Crippen MR) is 90.4 cm³/mol. The van der Waals surface area contributed by atoms with Gasteiger partial charge in [0.05, 0.1) is 0 Å². The molecule has 0 amide bonds. The number of nitriles is 1. The van der Waals surface area contributed by atoms with Gasteiger partial charge in [-0.3, -0.25) is 0 Å². The number of rotatable bonds is 4. The Morgan fingerprint density at radius 2 is 1.96 bits per heavy atom. The Morgan fingerprint density at radius 1 is 1.13 bits per heavy atom. The molecule has 4 nitrogen and oxygen atoms in total. The van der Waals surface area contributed by atoms with E-state index in [0.29, 0.717) is 33.9 Å². The fraction of sp³-hybridized carbons (Fsp3) is 0.0588. The van der Waals surface area contributed by atoms with Crippen LogP contribution in [0.2, 0.25) is 10.0 Å². The molecular formula is C17H11Cl2N3O. The van der Waals surface area contributed by atoms with Crippen molar-refractivity contribution in [3.05, 3.63) is 69.8 Å². The van der Waals surface area contributed by atoms with Crippen molar-refractivity contribution in [3.8, 4) is 17.5 Å². The van der Waals surface area contributed by atoms with E-state index in [9.17, 15) is 5.26 Å². The van der Waals surface area contributed by atoms with Crippen LogP contribution in [0.25, 0.3) is 11.5 Å². The molecule has 1 aromatic heterocycles. The summed E-state index contributed by atoms with van der Waals surface area (Å²) in [5.74, 6) is 0.646. The fourth-order valence-corrected chi connectivity index (χ4v) is 2.47. The molecule has 0 fully saturated rings. The van der Waals surface area contributed by atoms with Gasteiger partial charge in [-0.2, -0.15) is 10.2 Å². The van der Waals surface area contributed by atoms with Gasteiger partial charge in [0.2, 0.25) is 17.5 Å². The number of nitrogens with zero attached hydrogens (tertiary/aromatic N) is 2. The molecule has 0 radical (unpaired) electrons. The minimum absolute atomic E-state index is 0.187. The second-order valence-electron chi connectivity index (χ2n) is 4.76. The highest BCUT2D eigenvalue weighted by molar-refractivity contribution is 6.31. The van der Waals surface area contributed by atoms with E-state index in [1.54, 1.807) is 18.2 Å². The van der Waals surface area contributed by atoms with E-state index in [0.717, 1.165) is 5.56 Å². The molecule has 114 valence electrons. The summed E-state index contributed by atoms with van der Waals surface area (Å²) in [6.45, 7) is 0.429. The van der Waals surface area contributed by atoms with Crippen LogP contribution in [-0.4, -0.2) is 4.98 Å².